The first-order valence-corrected chi connectivity index (χ1v) is 21.6. The number of fused-ring (bicyclic) bond motifs is 11. The standard InChI is InChI=1S/C52H32N2S3/c1-3-15-34(16-4-1)53(36-27-31-47-42(32-36)39-21-10-11-24-45(39)55-47)50-43(29-28-41-49-37-19-8-7-14-33(37)26-30-48(49)57-52(41)50)54(35-17-5-2-6-18-35)44-23-13-22-40-38-20-9-12-25-46(38)56-51(40)44/h1-32H. The van der Waals surface area contributed by atoms with Crippen LogP contribution in [0.5, 0.6) is 0 Å². The Hall–Kier alpha value is -6.50. The molecule has 0 unspecified atom stereocenters. The van der Waals surface area contributed by atoms with Gasteiger partial charge >= 0.3 is 0 Å². The van der Waals surface area contributed by atoms with Gasteiger partial charge in [0.2, 0.25) is 0 Å². The van der Waals surface area contributed by atoms with E-state index in [4.69, 9.17) is 0 Å². The quantitative estimate of drug-likeness (QED) is 0.166. The van der Waals surface area contributed by atoms with Gasteiger partial charge in [-0.15, -0.1) is 34.0 Å². The van der Waals surface area contributed by atoms with Crippen LogP contribution in [0.1, 0.15) is 0 Å². The summed E-state index contributed by atoms with van der Waals surface area (Å²) >= 11 is 5.63. The van der Waals surface area contributed by atoms with Gasteiger partial charge in [0.15, 0.2) is 0 Å². The Kier molecular flexibility index (Phi) is 7.48. The first kappa shape index (κ1) is 32.7. The van der Waals surface area contributed by atoms with E-state index in [0.717, 1.165) is 28.4 Å². The number of anilines is 6. The van der Waals surface area contributed by atoms with E-state index < -0.39 is 0 Å². The largest absolute Gasteiger partial charge is 0.307 e. The van der Waals surface area contributed by atoms with Gasteiger partial charge in [0.1, 0.15) is 0 Å². The van der Waals surface area contributed by atoms with Crippen LogP contribution >= 0.6 is 34.0 Å². The van der Waals surface area contributed by atoms with Gasteiger partial charge in [0.25, 0.3) is 0 Å². The SMILES string of the molecule is c1ccc(N(c2ccc3c(sc4ccc5ccccc5c43)c2N(c2ccccc2)c2ccc3sc4ccccc4c3c2)c2cccc3c2sc2ccccc23)cc1. The van der Waals surface area contributed by atoms with Gasteiger partial charge in [-0.2, -0.15) is 0 Å². The molecule has 0 amide bonds. The van der Waals surface area contributed by atoms with Crippen molar-refractivity contribution in [2.75, 3.05) is 9.80 Å². The number of para-hydroxylation sites is 2. The van der Waals surface area contributed by atoms with Crippen molar-refractivity contribution >= 4 is 139 Å². The summed E-state index contributed by atoms with van der Waals surface area (Å²) in [5.41, 5.74) is 6.79. The maximum Gasteiger partial charge on any atom is 0.0883 e. The fourth-order valence-corrected chi connectivity index (χ4v) is 12.3. The molecule has 0 atom stereocenters. The third kappa shape index (κ3) is 5.13. The Morgan fingerprint density at radius 2 is 0.895 bits per heavy atom. The van der Waals surface area contributed by atoms with Crippen LogP contribution in [0.2, 0.25) is 0 Å². The Balaban J connectivity index is 1.23. The molecule has 0 N–H and O–H groups in total. The Morgan fingerprint density at radius 3 is 1.68 bits per heavy atom. The van der Waals surface area contributed by atoms with Crippen LogP contribution in [0.3, 0.4) is 0 Å². The van der Waals surface area contributed by atoms with Gasteiger partial charge in [-0.05, 0) is 83.6 Å². The molecular formula is C52H32N2S3. The lowest BCUT2D eigenvalue weighted by molar-refractivity contribution is 1.25. The third-order valence-electron chi connectivity index (χ3n) is 11.2. The number of rotatable bonds is 6. The zero-order chi connectivity index (χ0) is 37.5. The minimum absolute atomic E-state index is 1.11. The van der Waals surface area contributed by atoms with E-state index in [-0.39, 0.29) is 0 Å². The van der Waals surface area contributed by atoms with Crippen LogP contribution in [0.4, 0.5) is 34.1 Å². The van der Waals surface area contributed by atoms with Crippen molar-refractivity contribution < 1.29 is 0 Å². The predicted octanol–water partition coefficient (Wildman–Crippen LogP) is 16.9. The zero-order valence-corrected chi connectivity index (χ0v) is 33.0. The molecule has 268 valence electrons. The van der Waals surface area contributed by atoms with E-state index in [1.807, 2.05) is 34.0 Å². The lowest BCUT2D eigenvalue weighted by atomic mass is 10.0. The molecular weight excluding hydrogens is 749 g/mol. The summed E-state index contributed by atoms with van der Waals surface area (Å²) < 4.78 is 7.70. The van der Waals surface area contributed by atoms with Crippen molar-refractivity contribution in [3.63, 3.8) is 0 Å². The molecule has 0 fully saturated rings. The first-order valence-electron chi connectivity index (χ1n) is 19.2. The van der Waals surface area contributed by atoms with Gasteiger partial charge in [-0.25, -0.2) is 0 Å². The summed E-state index contributed by atoms with van der Waals surface area (Å²) in [5.74, 6) is 0. The normalized spacial score (nSPS) is 11.9. The summed E-state index contributed by atoms with van der Waals surface area (Å²) in [6.07, 6.45) is 0. The highest BCUT2D eigenvalue weighted by Gasteiger charge is 2.28. The Labute approximate surface area is 341 Å². The van der Waals surface area contributed by atoms with Crippen molar-refractivity contribution in [1.82, 2.24) is 0 Å². The molecule has 57 heavy (non-hydrogen) atoms. The Bertz CT molecular complexity index is 3490. The van der Waals surface area contributed by atoms with E-state index in [0.29, 0.717) is 0 Å². The monoisotopic (exact) mass is 780 g/mol. The molecule has 3 heterocycles. The van der Waals surface area contributed by atoms with Crippen LogP contribution in [0, 0.1) is 0 Å². The average molecular weight is 781 g/mol. The van der Waals surface area contributed by atoms with Crippen LogP contribution < -0.4 is 9.80 Å². The van der Waals surface area contributed by atoms with Crippen molar-refractivity contribution in [1.29, 1.82) is 0 Å². The molecule has 2 nitrogen and oxygen atoms in total. The number of hydrogen-bond acceptors (Lipinski definition) is 5. The minimum atomic E-state index is 1.11. The second-order valence-corrected chi connectivity index (χ2v) is 17.6. The van der Waals surface area contributed by atoms with Gasteiger partial charge in [-0.1, -0.05) is 121 Å². The van der Waals surface area contributed by atoms with E-state index in [2.05, 4.69) is 204 Å². The smallest absolute Gasteiger partial charge is 0.0883 e. The van der Waals surface area contributed by atoms with Gasteiger partial charge in [0.05, 0.1) is 26.5 Å². The minimum Gasteiger partial charge on any atom is -0.307 e. The highest BCUT2D eigenvalue weighted by Crippen LogP contribution is 2.55. The predicted molar refractivity (Wildman–Crippen MR) is 252 cm³/mol. The van der Waals surface area contributed by atoms with E-state index in [1.54, 1.807) is 0 Å². The molecule has 0 saturated carbocycles. The maximum absolute atomic E-state index is 2.52. The number of benzene rings is 9. The molecule has 0 radical (unpaired) electrons. The fourth-order valence-electron chi connectivity index (χ4n) is 8.71. The topological polar surface area (TPSA) is 6.48 Å². The molecule has 0 bridgehead atoms. The van der Waals surface area contributed by atoms with Crippen LogP contribution in [0.25, 0.3) is 71.3 Å². The summed E-state index contributed by atoms with van der Waals surface area (Å²) in [6, 6.07) is 71.4. The molecule has 12 rings (SSSR count). The number of nitrogens with zero attached hydrogens (tertiary/aromatic N) is 2. The number of hydrogen-bond donors (Lipinski definition) is 0. The fraction of sp³-hybridized carbons (Fsp3) is 0. The molecule has 0 saturated heterocycles. The van der Waals surface area contributed by atoms with E-state index in [1.165, 1.54) is 77.0 Å². The second kappa shape index (κ2) is 13.0. The summed E-state index contributed by atoms with van der Waals surface area (Å²) in [7, 11) is 0. The van der Waals surface area contributed by atoms with Gasteiger partial charge < -0.3 is 9.80 Å². The van der Waals surface area contributed by atoms with Crippen LogP contribution in [-0.4, -0.2) is 0 Å². The lowest BCUT2D eigenvalue weighted by Gasteiger charge is -2.34. The average Bonchev–Trinajstić information content (AvgIpc) is 3.97. The second-order valence-electron chi connectivity index (χ2n) is 14.4. The van der Waals surface area contributed by atoms with Crippen molar-refractivity contribution in [2.45, 2.75) is 0 Å². The van der Waals surface area contributed by atoms with Crippen LogP contribution in [0.15, 0.2) is 194 Å². The highest BCUT2D eigenvalue weighted by atomic mass is 32.1. The third-order valence-corrected chi connectivity index (χ3v) is 14.8. The molecule has 0 aliphatic rings. The zero-order valence-electron chi connectivity index (χ0n) is 30.6. The molecule has 9 aromatic carbocycles. The van der Waals surface area contributed by atoms with Crippen molar-refractivity contribution in [2.24, 2.45) is 0 Å². The molecule has 0 aliphatic heterocycles. The summed E-state index contributed by atoms with van der Waals surface area (Å²) in [4.78, 5) is 5.02. The lowest BCUT2D eigenvalue weighted by Crippen LogP contribution is -2.17. The van der Waals surface area contributed by atoms with Gasteiger partial charge in [-0.3, -0.25) is 0 Å². The highest BCUT2D eigenvalue weighted by molar-refractivity contribution is 7.27. The summed E-state index contributed by atoms with van der Waals surface area (Å²) in [6.45, 7) is 0. The molecule has 3 aromatic heterocycles. The van der Waals surface area contributed by atoms with Crippen LogP contribution in [-0.2, 0) is 0 Å². The maximum atomic E-state index is 2.52. The molecule has 0 spiro atoms. The van der Waals surface area contributed by atoms with Crippen molar-refractivity contribution in [3.05, 3.63) is 194 Å². The van der Waals surface area contributed by atoms with Gasteiger partial charge in [0, 0.05) is 68.2 Å². The first-order chi connectivity index (χ1) is 28.3. The van der Waals surface area contributed by atoms with Crippen molar-refractivity contribution in [3.8, 4) is 0 Å². The number of thiophene rings is 3. The summed E-state index contributed by atoms with van der Waals surface area (Å²) in [5, 5.41) is 10.3. The molecule has 0 aliphatic carbocycles. The Morgan fingerprint density at radius 1 is 0.298 bits per heavy atom. The van der Waals surface area contributed by atoms with E-state index >= 15 is 0 Å². The van der Waals surface area contributed by atoms with E-state index in [9.17, 15) is 0 Å². The molecule has 12 aromatic rings. The molecule has 5 heteroatoms.